The molecule has 0 aliphatic rings. The van der Waals surface area contributed by atoms with Crippen LogP contribution in [0.15, 0.2) is 39.3 Å². The normalized spacial score (nSPS) is 12.1. The van der Waals surface area contributed by atoms with Gasteiger partial charge in [0.05, 0.1) is 11.4 Å². The van der Waals surface area contributed by atoms with Crippen LogP contribution >= 0.6 is 11.3 Å². The summed E-state index contributed by atoms with van der Waals surface area (Å²) < 4.78 is 59.6. The molecule has 1 amide bonds. The van der Waals surface area contributed by atoms with E-state index in [4.69, 9.17) is 0 Å². The van der Waals surface area contributed by atoms with Crippen molar-refractivity contribution in [1.29, 1.82) is 0 Å². The molecule has 1 heterocycles. The number of aromatic amines is 1. The molecule has 0 saturated carbocycles. The lowest BCUT2D eigenvalue weighted by atomic mass is 10.2. The maximum Gasteiger partial charge on any atom is 0.501 e. The van der Waals surface area contributed by atoms with Gasteiger partial charge >= 0.3 is 10.4 Å². The Labute approximate surface area is 131 Å². The fraction of sp³-hybridized carbons (Fsp3) is 0.167. The average Bonchev–Trinajstić information content (AvgIpc) is 2.89. The fourth-order valence-corrected chi connectivity index (χ4v) is 2.94. The number of halogens is 3. The highest BCUT2D eigenvalue weighted by Gasteiger charge is 2.46. The minimum Gasteiger partial charge on any atom is -0.346 e. The Morgan fingerprint density at radius 2 is 1.83 bits per heavy atom. The van der Waals surface area contributed by atoms with Crippen LogP contribution in [0.2, 0.25) is 0 Å². The molecule has 2 rings (SSSR count). The number of sulfone groups is 1. The minimum absolute atomic E-state index is 0.0105. The van der Waals surface area contributed by atoms with Crippen molar-refractivity contribution in [3.8, 4) is 0 Å². The van der Waals surface area contributed by atoms with Crippen LogP contribution in [0.5, 0.6) is 0 Å². The number of amides is 1. The van der Waals surface area contributed by atoms with Gasteiger partial charge in [0.1, 0.15) is 0 Å². The SMILES string of the molecule is O=C(NCc1csc(=O)[nH]1)c1ccc(S(=O)(=O)C(F)(F)F)cc1. The minimum atomic E-state index is -5.44. The highest BCUT2D eigenvalue weighted by atomic mass is 32.2. The summed E-state index contributed by atoms with van der Waals surface area (Å²) in [7, 11) is -5.44. The summed E-state index contributed by atoms with van der Waals surface area (Å²) in [5.41, 5.74) is -4.94. The van der Waals surface area contributed by atoms with E-state index in [0.29, 0.717) is 17.8 Å². The van der Waals surface area contributed by atoms with E-state index in [2.05, 4.69) is 10.3 Å². The van der Waals surface area contributed by atoms with Gasteiger partial charge in [-0.25, -0.2) is 8.42 Å². The summed E-state index contributed by atoms with van der Waals surface area (Å²) in [5.74, 6) is -0.618. The van der Waals surface area contributed by atoms with Crippen LogP contribution in [0.3, 0.4) is 0 Å². The molecule has 0 bridgehead atoms. The lowest BCUT2D eigenvalue weighted by molar-refractivity contribution is -0.0436. The van der Waals surface area contributed by atoms with Crippen molar-refractivity contribution in [2.75, 3.05) is 0 Å². The zero-order valence-corrected chi connectivity index (χ0v) is 12.8. The molecule has 11 heteroatoms. The van der Waals surface area contributed by atoms with E-state index in [-0.39, 0.29) is 17.0 Å². The molecule has 124 valence electrons. The first-order chi connectivity index (χ1) is 10.6. The van der Waals surface area contributed by atoms with E-state index in [9.17, 15) is 31.2 Å². The molecule has 0 fully saturated rings. The molecule has 0 radical (unpaired) electrons. The van der Waals surface area contributed by atoms with Gasteiger partial charge in [-0.2, -0.15) is 13.2 Å². The zero-order chi connectivity index (χ0) is 17.3. The molecular weight excluding hydrogens is 357 g/mol. The second-order valence-corrected chi connectivity index (χ2v) is 7.11. The Bertz CT molecular complexity index is 867. The zero-order valence-electron chi connectivity index (χ0n) is 11.2. The number of hydrogen-bond acceptors (Lipinski definition) is 5. The molecule has 0 aliphatic heterocycles. The Kier molecular flexibility index (Phi) is 4.61. The third-order valence-electron chi connectivity index (χ3n) is 2.74. The molecule has 0 unspecified atom stereocenters. The number of hydrogen-bond donors (Lipinski definition) is 2. The second-order valence-electron chi connectivity index (χ2n) is 4.33. The van der Waals surface area contributed by atoms with E-state index < -0.39 is 26.1 Å². The van der Waals surface area contributed by atoms with Gasteiger partial charge in [0, 0.05) is 16.6 Å². The smallest absolute Gasteiger partial charge is 0.346 e. The number of thiazole rings is 1. The van der Waals surface area contributed by atoms with Crippen LogP contribution in [-0.2, 0) is 16.4 Å². The maximum atomic E-state index is 12.4. The van der Waals surface area contributed by atoms with Crippen molar-refractivity contribution in [3.63, 3.8) is 0 Å². The van der Waals surface area contributed by atoms with E-state index >= 15 is 0 Å². The van der Waals surface area contributed by atoms with E-state index in [1.165, 1.54) is 5.38 Å². The number of alkyl halides is 3. The summed E-state index contributed by atoms with van der Waals surface area (Å²) in [5, 5.41) is 3.96. The number of aromatic nitrogens is 1. The first-order valence-electron chi connectivity index (χ1n) is 5.97. The number of benzene rings is 1. The van der Waals surface area contributed by atoms with Crippen molar-refractivity contribution in [2.24, 2.45) is 0 Å². The molecule has 0 atom stereocenters. The first kappa shape index (κ1) is 17.2. The van der Waals surface area contributed by atoms with Crippen molar-refractivity contribution < 1.29 is 26.4 Å². The largest absolute Gasteiger partial charge is 0.501 e. The summed E-state index contributed by atoms with van der Waals surface area (Å²) in [4.78, 5) is 24.0. The molecule has 1 aromatic heterocycles. The van der Waals surface area contributed by atoms with Gasteiger partial charge in [-0.3, -0.25) is 9.59 Å². The highest BCUT2D eigenvalue weighted by Crippen LogP contribution is 2.30. The first-order valence-corrected chi connectivity index (χ1v) is 8.34. The quantitative estimate of drug-likeness (QED) is 0.860. The third kappa shape index (κ3) is 3.79. The number of H-pyrrole nitrogens is 1. The third-order valence-corrected chi connectivity index (χ3v) is 4.96. The topological polar surface area (TPSA) is 96.1 Å². The van der Waals surface area contributed by atoms with Crippen LogP contribution in [0.4, 0.5) is 13.2 Å². The molecule has 2 N–H and O–H groups in total. The summed E-state index contributed by atoms with van der Waals surface area (Å²) >= 11 is 0.923. The van der Waals surface area contributed by atoms with Gasteiger partial charge in [-0.1, -0.05) is 11.3 Å². The number of rotatable bonds is 4. The molecule has 6 nitrogen and oxygen atoms in total. The van der Waals surface area contributed by atoms with Crippen molar-refractivity contribution in [2.45, 2.75) is 16.9 Å². The number of carbonyl (C=O) groups is 1. The Morgan fingerprint density at radius 3 is 2.30 bits per heavy atom. The van der Waals surface area contributed by atoms with Crippen molar-refractivity contribution in [3.05, 3.63) is 50.6 Å². The van der Waals surface area contributed by atoms with Gasteiger partial charge in [0.15, 0.2) is 0 Å². The fourth-order valence-electron chi connectivity index (χ4n) is 1.60. The van der Waals surface area contributed by atoms with E-state index in [1.807, 2.05) is 0 Å². The molecule has 2 aromatic rings. The lowest BCUT2D eigenvalue weighted by Crippen LogP contribution is -2.24. The van der Waals surface area contributed by atoms with Crippen LogP contribution in [0.1, 0.15) is 16.1 Å². The van der Waals surface area contributed by atoms with Gasteiger partial charge in [0.25, 0.3) is 15.7 Å². The van der Waals surface area contributed by atoms with Gasteiger partial charge in [-0.15, -0.1) is 0 Å². The predicted octanol–water partition coefficient (Wildman–Crippen LogP) is 1.66. The molecular formula is C12H9F3N2O4S2. The molecule has 0 saturated heterocycles. The van der Waals surface area contributed by atoms with Gasteiger partial charge < -0.3 is 10.3 Å². The number of nitrogens with one attached hydrogen (secondary N) is 2. The van der Waals surface area contributed by atoms with Crippen LogP contribution < -0.4 is 10.2 Å². The molecule has 23 heavy (non-hydrogen) atoms. The van der Waals surface area contributed by atoms with Crippen molar-refractivity contribution >= 4 is 27.1 Å². The Hall–Kier alpha value is -2.14. The van der Waals surface area contributed by atoms with Gasteiger partial charge in [0.2, 0.25) is 0 Å². The van der Waals surface area contributed by atoms with E-state index in [1.54, 1.807) is 0 Å². The predicted molar refractivity (Wildman–Crippen MR) is 75.8 cm³/mol. The average molecular weight is 366 g/mol. The Balaban J connectivity index is 2.10. The summed E-state index contributed by atoms with van der Waals surface area (Å²) in [6.45, 7) is 0.0280. The van der Waals surface area contributed by atoms with Crippen LogP contribution in [-0.4, -0.2) is 24.8 Å². The van der Waals surface area contributed by atoms with Crippen LogP contribution in [0.25, 0.3) is 0 Å². The standard InChI is InChI=1S/C12H9F3N2O4S2/c13-12(14,15)23(20,21)9-3-1-7(2-4-9)10(18)16-5-8-6-22-11(19)17-8/h1-4,6H,5H2,(H,16,18)(H,17,19). The monoisotopic (exact) mass is 366 g/mol. The van der Waals surface area contributed by atoms with E-state index in [0.717, 1.165) is 23.5 Å². The maximum absolute atomic E-state index is 12.4. The van der Waals surface area contributed by atoms with Crippen molar-refractivity contribution in [1.82, 2.24) is 10.3 Å². The molecule has 0 aliphatic carbocycles. The van der Waals surface area contributed by atoms with Gasteiger partial charge in [-0.05, 0) is 24.3 Å². The van der Waals surface area contributed by atoms with Crippen LogP contribution in [0, 0.1) is 0 Å². The molecule has 0 spiro atoms. The lowest BCUT2D eigenvalue weighted by Gasteiger charge is -2.09. The summed E-state index contributed by atoms with van der Waals surface area (Å²) in [6, 6.07) is 3.38. The summed E-state index contributed by atoms with van der Waals surface area (Å²) in [6.07, 6.45) is 0. The highest BCUT2D eigenvalue weighted by molar-refractivity contribution is 7.92. The second kappa shape index (κ2) is 6.16. The molecule has 1 aromatic carbocycles. The Morgan fingerprint density at radius 1 is 1.22 bits per heavy atom. The number of carbonyl (C=O) groups excluding carboxylic acids is 1.